The zero-order valence-corrected chi connectivity index (χ0v) is 9.48. The van der Waals surface area contributed by atoms with Crippen molar-refractivity contribution < 1.29 is 9.47 Å². The third-order valence-electron chi connectivity index (χ3n) is 2.71. The van der Waals surface area contributed by atoms with E-state index in [-0.39, 0.29) is 6.04 Å². The molecule has 2 N–H and O–H groups in total. The van der Waals surface area contributed by atoms with E-state index in [2.05, 4.69) is 6.08 Å². The summed E-state index contributed by atoms with van der Waals surface area (Å²) < 4.78 is 10.5. The fraction of sp³-hybridized carbons (Fsp3) is 0.385. The van der Waals surface area contributed by atoms with Crippen molar-refractivity contribution >= 4 is 0 Å². The van der Waals surface area contributed by atoms with Crippen LogP contribution in [0.25, 0.3) is 0 Å². The first kappa shape index (κ1) is 11.0. The van der Waals surface area contributed by atoms with Crippen LogP contribution in [-0.4, -0.2) is 19.8 Å². The molecular weight excluding hydrogens is 202 g/mol. The van der Waals surface area contributed by atoms with Crippen molar-refractivity contribution in [1.82, 2.24) is 0 Å². The van der Waals surface area contributed by atoms with E-state index < -0.39 is 0 Å². The molecular formula is C13H17NO2. The molecule has 1 unspecified atom stereocenters. The summed E-state index contributed by atoms with van der Waals surface area (Å²) in [5.74, 6) is 1.80. The molecule has 0 amide bonds. The van der Waals surface area contributed by atoms with Crippen molar-refractivity contribution in [1.29, 1.82) is 0 Å². The molecule has 1 aliphatic rings. The smallest absolute Gasteiger partial charge is 0.118 e. The van der Waals surface area contributed by atoms with E-state index in [1.165, 1.54) is 5.56 Å². The van der Waals surface area contributed by atoms with Gasteiger partial charge in [0, 0.05) is 6.42 Å². The molecule has 0 spiro atoms. The summed E-state index contributed by atoms with van der Waals surface area (Å²) in [7, 11) is 1.66. The SMILES string of the molecule is COc1ccc(CC(N)C2=CCCO2)cc1. The normalized spacial score (nSPS) is 16.5. The van der Waals surface area contributed by atoms with Crippen molar-refractivity contribution in [2.45, 2.75) is 18.9 Å². The second-order valence-corrected chi connectivity index (χ2v) is 3.90. The van der Waals surface area contributed by atoms with Gasteiger partial charge in [-0.15, -0.1) is 0 Å². The van der Waals surface area contributed by atoms with Gasteiger partial charge in [-0.1, -0.05) is 12.1 Å². The average molecular weight is 219 g/mol. The summed E-state index contributed by atoms with van der Waals surface area (Å²) in [5, 5.41) is 0. The van der Waals surface area contributed by atoms with Gasteiger partial charge in [-0.2, -0.15) is 0 Å². The van der Waals surface area contributed by atoms with Crippen LogP contribution in [0.1, 0.15) is 12.0 Å². The Kier molecular flexibility index (Phi) is 3.47. The molecule has 3 nitrogen and oxygen atoms in total. The van der Waals surface area contributed by atoms with Gasteiger partial charge in [0.25, 0.3) is 0 Å². The van der Waals surface area contributed by atoms with E-state index in [1.807, 2.05) is 24.3 Å². The van der Waals surface area contributed by atoms with Crippen LogP contribution < -0.4 is 10.5 Å². The van der Waals surface area contributed by atoms with Crippen molar-refractivity contribution in [2.75, 3.05) is 13.7 Å². The fourth-order valence-electron chi connectivity index (χ4n) is 1.81. The molecule has 1 aromatic carbocycles. The van der Waals surface area contributed by atoms with Crippen molar-refractivity contribution in [3.05, 3.63) is 41.7 Å². The second-order valence-electron chi connectivity index (χ2n) is 3.90. The van der Waals surface area contributed by atoms with Gasteiger partial charge in [0.15, 0.2) is 0 Å². The highest BCUT2D eigenvalue weighted by atomic mass is 16.5. The van der Waals surface area contributed by atoms with Crippen LogP contribution in [0, 0.1) is 0 Å². The summed E-state index contributed by atoms with van der Waals surface area (Å²) in [6, 6.07) is 7.94. The van der Waals surface area contributed by atoms with Gasteiger partial charge in [0.2, 0.25) is 0 Å². The van der Waals surface area contributed by atoms with Gasteiger partial charge in [0.1, 0.15) is 11.5 Å². The molecule has 3 heteroatoms. The first-order valence-corrected chi connectivity index (χ1v) is 5.51. The van der Waals surface area contributed by atoms with Crippen LogP contribution in [0.15, 0.2) is 36.1 Å². The Bertz CT molecular complexity index is 370. The number of rotatable bonds is 4. The zero-order valence-electron chi connectivity index (χ0n) is 9.48. The highest BCUT2D eigenvalue weighted by molar-refractivity contribution is 5.28. The minimum absolute atomic E-state index is 0.0316. The van der Waals surface area contributed by atoms with Gasteiger partial charge >= 0.3 is 0 Å². The van der Waals surface area contributed by atoms with Gasteiger partial charge < -0.3 is 15.2 Å². The second kappa shape index (κ2) is 5.03. The largest absolute Gasteiger partial charge is 0.497 e. The maximum Gasteiger partial charge on any atom is 0.118 e. The molecule has 86 valence electrons. The Hall–Kier alpha value is -1.48. The number of nitrogens with two attached hydrogens (primary N) is 1. The highest BCUT2D eigenvalue weighted by Gasteiger charge is 2.14. The van der Waals surface area contributed by atoms with Gasteiger partial charge in [-0.3, -0.25) is 0 Å². The average Bonchev–Trinajstić information content (AvgIpc) is 2.83. The van der Waals surface area contributed by atoms with E-state index in [1.54, 1.807) is 7.11 Å². The van der Waals surface area contributed by atoms with Crippen LogP contribution in [0.2, 0.25) is 0 Å². The highest BCUT2D eigenvalue weighted by Crippen LogP contribution is 2.17. The fourth-order valence-corrected chi connectivity index (χ4v) is 1.81. The zero-order chi connectivity index (χ0) is 11.4. The third-order valence-corrected chi connectivity index (χ3v) is 2.71. The minimum Gasteiger partial charge on any atom is -0.497 e. The summed E-state index contributed by atoms with van der Waals surface area (Å²) in [4.78, 5) is 0. The van der Waals surface area contributed by atoms with Crippen LogP contribution >= 0.6 is 0 Å². The first-order valence-electron chi connectivity index (χ1n) is 5.51. The molecule has 0 saturated carbocycles. The van der Waals surface area contributed by atoms with Crippen molar-refractivity contribution in [3.63, 3.8) is 0 Å². The standard InChI is InChI=1S/C13H17NO2/c1-15-11-6-4-10(5-7-11)9-12(14)13-3-2-8-16-13/h3-7,12H,2,8-9,14H2,1H3. The minimum atomic E-state index is -0.0316. The lowest BCUT2D eigenvalue weighted by Crippen LogP contribution is -2.25. The van der Waals surface area contributed by atoms with E-state index in [4.69, 9.17) is 15.2 Å². The van der Waals surface area contributed by atoms with Crippen LogP contribution in [0.5, 0.6) is 5.75 Å². The number of hydrogen-bond donors (Lipinski definition) is 1. The predicted octanol–water partition coefficient (Wildman–Crippen LogP) is 1.87. The molecule has 16 heavy (non-hydrogen) atoms. The van der Waals surface area contributed by atoms with Gasteiger partial charge in [-0.05, 0) is 30.2 Å². The van der Waals surface area contributed by atoms with Gasteiger partial charge in [0.05, 0.1) is 19.8 Å². The molecule has 0 saturated heterocycles. The molecule has 0 bridgehead atoms. The van der Waals surface area contributed by atoms with E-state index >= 15 is 0 Å². The first-order chi connectivity index (χ1) is 7.79. The topological polar surface area (TPSA) is 44.5 Å². The number of ether oxygens (including phenoxy) is 2. The summed E-state index contributed by atoms with van der Waals surface area (Å²) in [6.07, 6.45) is 3.86. The number of methoxy groups -OCH3 is 1. The Labute approximate surface area is 95.9 Å². The monoisotopic (exact) mass is 219 g/mol. The molecule has 0 aliphatic carbocycles. The van der Waals surface area contributed by atoms with Crippen molar-refractivity contribution in [3.8, 4) is 5.75 Å². The van der Waals surface area contributed by atoms with Crippen LogP contribution in [0.4, 0.5) is 0 Å². The summed E-state index contributed by atoms with van der Waals surface area (Å²) >= 11 is 0. The molecule has 0 aromatic heterocycles. The van der Waals surface area contributed by atoms with E-state index in [0.29, 0.717) is 0 Å². The van der Waals surface area contributed by atoms with Gasteiger partial charge in [-0.25, -0.2) is 0 Å². The van der Waals surface area contributed by atoms with Crippen molar-refractivity contribution in [2.24, 2.45) is 5.73 Å². The Morgan fingerprint density at radius 2 is 2.12 bits per heavy atom. The maximum absolute atomic E-state index is 6.06. The molecule has 2 rings (SSSR count). The lowest BCUT2D eigenvalue weighted by atomic mass is 10.0. The van der Waals surface area contributed by atoms with E-state index in [9.17, 15) is 0 Å². The molecule has 1 heterocycles. The number of benzene rings is 1. The molecule has 1 atom stereocenters. The quantitative estimate of drug-likeness (QED) is 0.840. The Balaban J connectivity index is 1.97. The maximum atomic E-state index is 6.06. The lowest BCUT2D eigenvalue weighted by molar-refractivity contribution is 0.224. The predicted molar refractivity (Wildman–Crippen MR) is 63.3 cm³/mol. The van der Waals surface area contributed by atoms with Crippen LogP contribution in [0.3, 0.4) is 0 Å². The van der Waals surface area contributed by atoms with Crippen LogP contribution in [-0.2, 0) is 11.2 Å². The Morgan fingerprint density at radius 3 is 2.69 bits per heavy atom. The Morgan fingerprint density at radius 1 is 1.38 bits per heavy atom. The number of hydrogen-bond acceptors (Lipinski definition) is 3. The molecule has 1 aromatic rings. The molecule has 1 aliphatic heterocycles. The molecule has 0 radical (unpaired) electrons. The van der Waals surface area contributed by atoms with E-state index in [0.717, 1.165) is 31.0 Å². The molecule has 0 fully saturated rings. The summed E-state index contributed by atoms with van der Waals surface area (Å²) in [5.41, 5.74) is 7.26. The summed E-state index contributed by atoms with van der Waals surface area (Å²) in [6.45, 7) is 0.769. The third kappa shape index (κ3) is 2.55. The lowest BCUT2D eigenvalue weighted by Gasteiger charge is -2.13.